The van der Waals surface area contributed by atoms with Gasteiger partial charge in [-0.1, -0.05) is 55.5 Å². The quantitative estimate of drug-likeness (QED) is 0.591. The largest absolute Gasteiger partial charge is 0.289 e. The summed E-state index contributed by atoms with van der Waals surface area (Å²) in [5.41, 5.74) is 4.44. The molecule has 1 amide bonds. The van der Waals surface area contributed by atoms with Crippen molar-refractivity contribution in [3.63, 3.8) is 0 Å². The average Bonchev–Trinajstić information content (AvgIpc) is 2.54. The zero-order valence-electron chi connectivity index (χ0n) is 13.2. The number of rotatable bonds is 7. The lowest BCUT2D eigenvalue weighted by Gasteiger charge is -2.26. The number of hydrogen-bond donors (Lipinski definition) is 2. The highest BCUT2D eigenvalue weighted by Gasteiger charge is 2.19. The summed E-state index contributed by atoms with van der Waals surface area (Å²) in [7, 11) is 0. The second-order valence-corrected chi connectivity index (χ2v) is 6.35. The molecule has 0 spiro atoms. The first-order chi connectivity index (χ1) is 10.6. The molecule has 0 heterocycles. The molecule has 1 unspecified atom stereocenters. The summed E-state index contributed by atoms with van der Waals surface area (Å²) in [5, 5.41) is 8.47. The van der Waals surface area contributed by atoms with E-state index < -0.39 is 0 Å². The molecule has 0 aromatic heterocycles. The number of carbonyl (C=O) groups excluding carboxylic acids is 1. The maximum absolute atomic E-state index is 11.0. The molecular formula is C19H25NO2. The van der Waals surface area contributed by atoms with E-state index in [2.05, 4.69) is 55.5 Å². The molecule has 0 saturated heterocycles. The van der Waals surface area contributed by atoms with Crippen LogP contribution >= 0.6 is 0 Å². The predicted octanol–water partition coefficient (Wildman–Crippen LogP) is 3.97. The third-order valence-electron chi connectivity index (χ3n) is 4.33. The van der Waals surface area contributed by atoms with Gasteiger partial charge in [-0.2, -0.15) is 0 Å². The monoisotopic (exact) mass is 299 g/mol. The van der Waals surface area contributed by atoms with Crippen LogP contribution in [0.4, 0.5) is 0 Å². The number of nitrogens with one attached hydrogen (secondary N) is 1. The molecule has 1 aromatic rings. The van der Waals surface area contributed by atoms with Crippen LogP contribution in [-0.4, -0.2) is 11.1 Å². The summed E-state index contributed by atoms with van der Waals surface area (Å²) in [6.07, 6.45) is 14.4. The van der Waals surface area contributed by atoms with E-state index in [-0.39, 0.29) is 5.91 Å². The van der Waals surface area contributed by atoms with Gasteiger partial charge in [0.05, 0.1) is 0 Å². The van der Waals surface area contributed by atoms with E-state index in [9.17, 15) is 4.79 Å². The van der Waals surface area contributed by atoms with Gasteiger partial charge >= 0.3 is 0 Å². The second-order valence-electron chi connectivity index (χ2n) is 6.35. The van der Waals surface area contributed by atoms with Crippen molar-refractivity contribution in [2.45, 2.75) is 45.4 Å². The number of aryl methyl sites for hydroxylation is 2. The number of carbonyl (C=O) groups is 1. The van der Waals surface area contributed by atoms with Gasteiger partial charge < -0.3 is 0 Å². The Morgan fingerprint density at radius 2 is 1.86 bits per heavy atom. The Bertz CT molecular complexity index is 545. The van der Waals surface area contributed by atoms with Gasteiger partial charge in [-0.3, -0.25) is 10.0 Å². The summed E-state index contributed by atoms with van der Waals surface area (Å²) in [4.78, 5) is 11.0. The van der Waals surface area contributed by atoms with Gasteiger partial charge in [0.25, 0.3) is 0 Å². The van der Waals surface area contributed by atoms with Crippen LogP contribution in [0.1, 0.15) is 43.7 Å². The molecule has 1 aliphatic carbocycles. The van der Waals surface area contributed by atoms with Crippen LogP contribution in [-0.2, 0) is 17.6 Å². The second kappa shape index (κ2) is 7.95. The van der Waals surface area contributed by atoms with E-state index in [0.29, 0.717) is 18.3 Å². The molecule has 0 bridgehead atoms. The normalized spacial score (nSPS) is 20.1. The average molecular weight is 299 g/mol. The minimum atomic E-state index is -0.341. The zero-order valence-corrected chi connectivity index (χ0v) is 13.2. The fraction of sp³-hybridized carbons (Fsp3) is 0.421. The van der Waals surface area contributed by atoms with Crippen molar-refractivity contribution in [3.05, 3.63) is 59.7 Å². The minimum absolute atomic E-state index is 0.312. The standard InChI is InChI=1S/C19H25NO2/c1-19(13-3-2-4-14-19)15-5-6-16-7-9-17(10-8-16)11-12-18(21)20-22/h2-4,7-10,13,22H,5-6,11-12,14-15H2,1H3,(H,20,21). The van der Waals surface area contributed by atoms with E-state index >= 15 is 0 Å². The zero-order chi connectivity index (χ0) is 15.8. The topological polar surface area (TPSA) is 49.3 Å². The van der Waals surface area contributed by atoms with Crippen molar-refractivity contribution in [2.24, 2.45) is 5.41 Å². The SMILES string of the molecule is CC1(CCCc2ccc(CCC(=O)NO)cc2)C=CC=CC1. The van der Waals surface area contributed by atoms with Crippen LogP contribution in [0.15, 0.2) is 48.6 Å². The van der Waals surface area contributed by atoms with Gasteiger partial charge in [-0.25, -0.2) is 5.48 Å². The lowest BCUT2D eigenvalue weighted by Crippen LogP contribution is -2.18. The van der Waals surface area contributed by atoms with E-state index in [1.165, 1.54) is 18.4 Å². The highest BCUT2D eigenvalue weighted by Crippen LogP contribution is 2.32. The molecular weight excluding hydrogens is 274 g/mol. The van der Waals surface area contributed by atoms with Crippen LogP contribution in [0.5, 0.6) is 0 Å². The maximum atomic E-state index is 11.0. The van der Waals surface area contributed by atoms with E-state index in [1.54, 1.807) is 5.48 Å². The molecule has 3 nitrogen and oxygen atoms in total. The van der Waals surface area contributed by atoms with Gasteiger partial charge in [0.2, 0.25) is 5.91 Å². The molecule has 2 rings (SSSR count). The lowest BCUT2D eigenvalue weighted by atomic mass is 9.79. The first-order valence-corrected chi connectivity index (χ1v) is 7.96. The summed E-state index contributed by atoms with van der Waals surface area (Å²) in [6, 6.07) is 8.44. The van der Waals surface area contributed by atoms with Crippen molar-refractivity contribution in [1.29, 1.82) is 0 Å². The fourth-order valence-corrected chi connectivity index (χ4v) is 2.84. The summed E-state index contributed by atoms with van der Waals surface area (Å²) in [5.74, 6) is -0.341. The molecule has 0 aliphatic heterocycles. The van der Waals surface area contributed by atoms with E-state index in [1.807, 2.05) is 0 Å². The number of hydroxylamine groups is 1. The van der Waals surface area contributed by atoms with Crippen LogP contribution in [0, 0.1) is 5.41 Å². The Kier molecular flexibility index (Phi) is 5.96. The Hall–Kier alpha value is -1.87. The number of amides is 1. The van der Waals surface area contributed by atoms with Crippen molar-refractivity contribution in [1.82, 2.24) is 5.48 Å². The maximum Gasteiger partial charge on any atom is 0.243 e. The first-order valence-electron chi connectivity index (χ1n) is 7.96. The smallest absolute Gasteiger partial charge is 0.243 e. The Balaban J connectivity index is 1.75. The third kappa shape index (κ3) is 5.15. The van der Waals surface area contributed by atoms with E-state index in [4.69, 9.17) is 5.21 Å². The molecule has 1 aliphatic rings. The van der Waals surface area contributed by atoms with Gasteiger partial charge in [-0.15, -0.1) is 0 Å². The third-order valence-corrected chi connectivity index (χ3v) is 4.33. The summed E-state index contributed by atoms with van der Waals surface area (Å²) >= 11 is 0. The van der Waals surface area contributed by atoms with Crippen LogP contribution < -0.4 is 5.48 Å². The molecule has 0 fully saturated rings. The molecule has 2 N–H and O–H groups in total. The Morgan fingerprint density at radius 1 is 1.18 bits per heavy atom. The van der Waals surface area contributed by atoms with Crippen LogP contribution in [0.25, 0.3) is 0 Å². The van der Waals surface area contributed by atoms with Crippen molar-refractivity contribution in [3.8, 4) is 0 Å². The van der Waals surface area contributed by atoms with Gasteiger partial charge in [-0.05, 0) is 48.6 Å². The van der Waals surface area contributed by atoms with Crippen molar-refractivity contribution < 1.29 is 10.0 Å². The highest BCUT2D eigenvalue weighted by atomic mass is 16.5. The van der Waals surface area contributed by atoms with Crippen LogP contribution in [0.2, 0.25) is 0 Å². The lowest BCUT2D eigenvalue weighted by molar-refractivity contribution is -0.129. The highest BCUT2D eigenvalue weighted by molar-refractivity contribution is 5.74. The first kappa shape index (κ1) is 16.5. The molecule has 118 valence electrons. The van der Waals surface area contributed by atoms with Crippen molar-refractivity contribution >= 4 is 5.91 Å². The van der Waals surface area contributed by atoms with Gasteiger partial charge in [0, 0.05) is 6.42 Å². The van der Waals surface area contributed by atoms with Crippen molar-refractivity contribution in [2.75, 3.05) is 0 Å². The number of hydrogen-bond acceptors (Lipinski definition) is 2. The Labute approximate surface area is 132 Å². The van der Waals surface area contributed by atoms with Gasteiger partial charge in [0.1, 0.15) is 0 Å². The van der Waals surface area contributed by atoms with E-state index in [0.717, 1.165) is 18.4 Å². The number of benzene rings is 1. The molecule has 1 aromatic carbocycles. The fourth-order valence-electron chi connectivity index (χ4n) is 2.84. The molecule has 0 saturated carbocycles. The summed E-state index contributed by atoms with van der Waals surface area (Å²) < 4.78 is 0. The molecule has 1 atom stereocenters. The van der Waals surface area contributed by atoms with Gasteiger partial charge in [0.15, 0.2) is 0 Å². The Morgan fingerprint density at radius 3 is 2.45 bits per heavy atom. The predicted molar refractivity (Wildman–Crippen MR) is 88.6 cm³/mol. The molecule has 22 heavy (non-hydrogen) atoms. The molecule has 3 heteroatoms. The molecule has 0 radical (unpaired) electrons. The number of allylic oxidation sites excluding steroid dienone is 4. The summed E-state index contributed by atoms with van der Waals surface area (Å²) in [6.45, 7) is 2.32. The van der Waals surface area contributed by atoms with Crippen LogP contribution in [0.3, 0.4) is 0 Å². The minimum Gasteiger partial charge on any atom is -0.289 e.